The van der Waals surface area contributed by atoms with E-state index in [9.17, 15) is 0 Å². The van der Waals surface area contributed by atoms with Crippen molar-refractivity contribution in [1.29, 1.82) is 5.26 Å². The Morgan fingerprint density at radius 2 is 2.50 bits per heavy atom. The molecule has 0 aromatic heterocycles. The Hall–Kier alpha value is -1.23. The van der Waals surface area contributed by atoms with E-state index in [4.69, 9.17) is 5.26 Å². The smallest absolute Gasteiger partial charge is 0.0797 e. The molecule has 0 bridgehead atoms. The molecule has 0 fully saturated rings. The Morgan fingerprint density at radius 3 is 2.90 bits per heavy atom. The van der Waals surface area contributed by atoms with E-state index in [0.717, 1.165) is 0 Å². The molecule has 0 saturated heterocycles. The molecule has 0 aliphatic heterocycles. The van der Waals surface area contributed by atoms with Crippen LogP contribution in [0.3, 0.4) is 0 Å². The summed E-state index contributed by atoms with van der Waals surface area (Å²) >= 11 is 0. The van der Waals surface area contributed by atoms with E-state index >= 15 is 0 Å². The average molecular weight is 137 g/mol. The SMILES string of the molecule is C=CCC(C#N)/C=C/OC. The summed E-state index contributed by atoms with van der Waals surface area (Å²) < 4.78 is 4.65. The van der Waals surface area contributed by atoms with Gasteiger partial charge in [-0.25, -0.2) is 0 Å². The number of nitriles is 1. The second-order valence-corrected chi connectivity index (χ2v) is 1.82. The van der Waals surface area contributed by atoms with Gasteiger partial charge in [-0.05, 0) is 12.5 Å². The molecule has 0 aliphatic rings. The van der Waals surface area contributed by atoms with Crippen LogP contribution in [0.1, 0.15) is 6.42 Å². The Morgan fingerprint density at radius 1 is 1.80 bits per heavy atom. The molecule has 54 valence electrons. The van der Waals surface area contributed by atoms with Gasteiger partial charge in [0.25, 0.3) is 0 Å². The third-order valence-electron chi connectivity index (χ3n) is 1.03. The molecule has 0 spiro atoms. The average Bonchev–Trinajstić information content (AvgIpc) is 1.98. The summed E-state index contributed by atoms with van der Waals surface area (Å²) in [5, 5.41) is 8.48. The van der Waals surface area contributed by atoms with Crippen LogP contribution in [0.4, 0.5) is 0 Å². The molecule has 2 nitrogen and oxygen atoms in total. The number of ether oxygens (including phenoxy) is 1. The van der Waals surface area contributed by atoms with Crippen LogP contribution in [0.2, 0.25) is 0 Å². The summed E-state index contributed by atoms with van der Waals surface area (Å²) in [4.78, 5) is 0. The van der Waals surface area contributed by atoms with Gasteiger partial charge in [-0.15, -0.1) is 6.58 Å². The first-order valence-electron chi connectivity index (χ1n) is 3.05. The second kappa shape index (κ2) is 5.90. The van der Waals surface area contributed by atoms with E-state index in [0.29, 0.717) is 6.42 Å². The lowest BCUT2D eigenvalue weighted by Gasteiger charge is -1.95. The van der Waals surface area contributed by atoms with Crippen LogP contribution in [0.15, 0.2) is 25.0 Å². The van der Waals surface area contributed by atoms with Crippen molar-refractivity contribution in [2.75, 3.05) is 7.11 Å². The van der Waals surface area contributed by atoms with Gasteiger partial charge >= 0.3 is 0 Å². The fourth-order valence-corrected chi connectivity index (χ4v) is 0.527. The summed E-state index contributed by atoms with van der Waals surface area (Å²) in [5.74, 6) is -0.0996. The molecule has 0 aromatic rings. The highest BCUT2D eigenvalue weighted by Crippen LogP contribution is 2.02. The molecule has 0 amide bonds. The van der Waals surface area contributed by atoms with Gasteiger partial charge in [0.15, 0.2) is 0 Å². The lowest BCUT2D eigenvalue weighted by molar-refractivity contribution is 0.335. The zero-order valence-electron chi connectivity index (χ0n) is 6.08. The van der Waals surface area contributed by atoms with Crippen molar-refractivity contribution in [3.63, 3.8) is 0 Å². The van der Waals surface area contributed by atoms with Crippen molar-refractivity contribution in [2.45, 2.75) is 6.42 Å². The zero-order chi connectivity index (χ0) is 7.82. The summed E-state index contributed by atoms with van der Waals surface area (Å²) in [5.41, 5.74) is 0. The number of nitrogens with zero attached hydrogens (tertiary/aromatic N) is 1. The fourth-order valence-electron chi connectivity index (χ4n) is 0.527. The minimum Gasteiger partial charge on any atom is -0.505 e. The molecule has 0 aliphatic carbocycles. The Bertz CT molecular complexity index is 155. The van der Waals surface area contributed by atoms with Crippen LogP contribution >= 0.6 is 0 Å². The Kier molecular flexibility index (Phi) is 5.17. The first kappa shape index (κ1) is 8.77. The summed E-state index contributed by atoms with van der Waals surface area (Å²) in [6, 6.07) is 2.10. The summed E-state index contributed by atoms with van der Waals surface area (Å²) in [6.07, 6.45) is 5.61. The van der Waals surface area contributed by atoms with Gasteiger partial charge < -0.3 is 4.74 Å². The van der Waals surface area contributed by atoms with Crippen molar-refractivity contribution in [2.24, 2.45) is 5.92 Å². The van der Waals surface area contributed by atoms with Gasteiger partial charge in [0.1, 0.15) is 0 Å². The van der Waals surface area contributed by atoms with E-state index in [1.807, 2.05) is 0 Å². The number of rotatable bonds is 4. The highest BCUT2D eigenvalue weighted by molar-refractivity contribution is 5.00. The van der Waals surface area contributed by atoms with Crippen LogP contribution < -0.4 is 0 Å². The molecule has 2 heteroatoms. The van der Waals surface area contributed by atoms with Crippen molar-refractivity contribution < 1.29 is 4.74 Å². The fraction of sp³-hybridized carbons (Fsp3) is 0.375. The van der Waals surface area contributed by atoms with Crippen LogP contribution in [-0.4, -0.2) is 7.11 Å². The maximum absolute atomic E-state index is 8.48. The van der Waals surface area contributed by atoms with Gasteiger partial charge in [-0.2, -0.15) is 5.26 Å². The van der Waals surface area contributed by atoms with Gasteiger partial charge in [0.2, 0.25) is 0 Å². The minimum atomic E-state index is -0.0996. The van der Waals surface area contributed by atoms with Crippen LogP contribution in [0.5, 0.6) is 0 Å². The highest BCUT2D eigenvalue weighted by atomic mass is 16.5. The van der Waals surface area contributed by atoms with Crippen LogP contribution in [0, 0.1) is 17.2 Å². The van der Waals surface area contributed by atoms with Gasteiger partial charge in [-0.3, -0.25) is 0 Å². The molecule has 0 aromatic carbocycles. The van der Waals surface area contributed by atoms with Gasteiger partial charge in [0.05, 0.1) is 25.4 Å². The molecule has 0 N–H and O–H groups in total. The molecule has 0 heterocycles. The number of allylic oxidation sites excluding steroid dienone is 2. The topological polar surface area (TPSA) is 33.0 Å². The van der Waals surface area contributed by atoms with Crippen molar-refractivity contribution in [1.82, 2.24) is 0 Å². The summed E-state index contributed by atoms with van der Waals surface area (Å²) in [7, 11) is 1.55. The maximum atomic E-state index is 8.48. The van der Waals surface area contributed by atoms with Gasteiger partial charge in [0, 0.05) is 0 Å². The first-order valence-corrected chi connectivity index (χ1v) is 3.05. The number of hydrogen-bond acceptors (Lipinski definition) is 2. The van der Waals surface area contributed by atoms with E-state index in [2.05, 4.69) is 17.4 Å². The van der Waals surface area contributed by atoms with Crippen LogP contribution in [-0.2, 0) is 4.74 Å². The van der Waals surface area contributed by atoms with E-state index < -0.39 is 0 Å². The quantitative estimate of drug-likeness (QED) is 0.437. The highest BCUT2D eigenvalue weighted by Gasteiger charge is 1.97. The molecule has 10 heavy (non-hydrogen) atoms. The van der Waals surface area contributed by atoms with Gasteiger partial charge in [-0.1, -0.05) is 6.08 Å². The number of methoxy groups -OCH3 is 1. The predicted octanol–water partition coefficient (Wildman–Crippen LogP) is 1.86. The molecular formula is C8H11NO. The Labute approximate surface area is 61.4 Å². The molecule has 0 rings (SSSR count). The predicted molar refractivity (Wildman–Crippen MR) is 40.1 cm³/mol. The first-order chi connectivity index (χ1) is 4.85. The molecule has 0 saturated carbocycles. The zero-order valence-corrected chi connectivity index (χ0v) is 6.08. The lowest BCUT2D eigenvalue weighted by Crippen LogP contribution is -1.88. The molecular weight excluding hydrogens is 126 g/mol. The molecule has 0 radical (unpaired) electrons. The Balaban J connectivity index is 3.73. The standard InChI is InChI=1S/C8H11NO/c1-3-4-8(7-9)5-6-10-2/h3,5-6,8H,1,4H2,2H3/b6-5+. The molecule has 1 atom stereocenters. The lowest BCUT2D eigenvalue weighted by atomic mass is 10.1. The monoisotopic (exact) mass is 137 g/mol. The van der Waals surface area contributed by atoms with Crippen molar-refractivity contribution in [3.8, 4) is 6.07 Å². The summed E-state index contributed by atoms with van der Waals surface area (Å²) in [6.45, 7) is 3.53. The van der Waals surface area contributed by atoms with Crippen LogP contribution in [0.25, 0.3) is 0 Å². The third-order valence-corrected chi connectivity index (χ3v) is 1.03. The van der Waals surface area contributed by atoms with E-state index in [1.54, 1.807) is 19.3 Å². The molecule has 1 unspecified atom stereocenters. The van der Waals surface area contributed by atoms with E-state index in [-0.39, 0.29) is 5.92 Å². The van der Waals surface area contributed by atoms with E-state index in [1.165, 1.54) is 6.26 Å². The minimum absolute atomic E-state index is 0.0996. The van der Waals surface area contributed by atoms with Crippen molar-refractivity contribution in [3.05, 3.63) is 25.0 Å². The largest absolute Gasteiger partial charge is 0.505 e. The third kappa shape index (κ3) is 3.73. The maximum Gasteiger partial charge on any atom is 0.0797 e. The number of hydrogen-bond donors (Lipinski definition) is 0. The van der Waals surface area contributed by atoms with Crippen molar-refractivity contribution >= 4 is 0 Å². The normalized spacial score (nSPS) is 12.4. The second-order valence-electron chi connectivity index (χ2n) is 1.82.